The molecule has 0 spiro atoms. The number of nitrogens with zero attached hydrogens (tertiary/aromatic N) is 3. The lowest BCUT2D eigenvalue weighted by Crippen LogP contribution is -2.21. The molecule has 0 unspecified atom stereocenters. The topological polar surface area (TPSA) is 60.9 Å². The summed E-state index contributed by atoms with van der Waals surface area (Å²) in [6, 6.07) is 7.25. The Bertz CT molecular complexity index is 1130. The van der Waals surface area contributed by atoms with Crippen molar-refractivity contribution in [3.63, 3.8) is 0 Å². The van der Waals surface area contributed by atoms with Crippen molar-refractivity contribution in [3.8, 4) is 11.5 Å². The van der Waals surface area contributed by atoms with Crippen molar-refractivity contribution < 1.29 is 4.42 Å². The molecule has 0 aliphatic carbocycles. The van der Waals surface area contributed by atoms with Crippen molar-refractivity contribution in [1.82, 2.24) is 14.5 Å². The van der Waals surface area contributed by atoms with Gasteiger partial charge in [0.2, 0.25) is 5.89 Å². The predicted molar refractivity (Wildman–Crippen MR) is 99.4 cm³/mol. The van der Waals surface area contributed by atoms with Crippen LogP contribution in [0.15, 0.2) is 46.1 Å². The third-order valence-electron chi connectivity index (χ3n) is 4.13. The highest BCUT2D eigenvalue weighted by molar-refractivity contribution is 7.18. The molecular weight excluding hydrogens is 358 g/mol. The fourth-order valence-corrected chi connectivity index (χ4v) is 3.78. The second-order valence-electron chi connectivity index (χ2n) is 5.79. The smallest absolute Gasteiger partial charge is 0.262 e. The summed E-state index contributed by atoms with van der Waals surface area (Å²) in [5.74, 6) is 0.497. The van der Waals surface area contributed by atoms with Crippen molar-refractivity contribution in [2.24, 2.45) is 0 Å². The standard InChI is InChI=1S/C18H14ClN3O2S/c1-10-11(2)25-17-15(10)18(23)22(9-20-17)7-14-8-24-16(21-14)12-3-5-13(19)6-4-12/h3-6,8-9H,7H2,1-2H3. The van der Waals surface area contributed by atoms with Gasteiger partial charge in [-0.05, 0) is 43.7 Å². The molecule has 0 amide bonds. The van der Waals surface area contributed by atoms with Crippen LogP contribution < -0.4 is 5.56 Å². The summed E-state index contributed by atoms with van der Waals surface area (Å²) in [6.45, 7) is 4.27. The Morgan fingerprint density at radius 2 is 2.00 bits per heavy atom. The van der Waals surface area contributed by atoms with Crippen LogP contribution in [0.25, 0.3) is 21.7 Å². The minimum atomic E-state index is -0.0529. The van der Waals surface area contributed by atoms with Crippen molar-refractivity contribution in [3.05, 3.63) is 68.4 Å². The molecule has 126 valence electrons. The van der Waals surface area contributed by atoms with E-state index in [-0.39, 0.29) is 5.56 Å². The molecule has 0 radical (unpaired) electrons. The summed E-state index contributed by atoms with van der Waals surface area (Å²) in [5.41, 5.74) is 2.44. The summed E-state index contributed by atoms with van der Waals surface area (Å²) in [5, 5.41) is 1.34. The molecule has 1 aromatic carbocycles. The van der Waals surface area contributed by atoms with Crippen LogP contribution in [0.1, 0.15) is 16.1 Å². The number of hydrogen-bond donors (Lipinski definition) is 0. The van der Waals surface area contributed by atoms with Gasteiger partial charge in [0.25, 0.3) is 5.56 Å². The molecule has 4 rings (SSSR count). The van der Waals surface area contributed by atoms with Crippen LogP contribution in [0.2, 0.25) is 5.02 Å². The normalized spacial score (nSPS) is 11.3. The number of halogens is 1. The lowest BCUT2D eigenvalue weighted by Gasteiger charge is -2.02. The Balaban J connectivity index is 1.68. The van der Waals surface area contributed by atoms with E-state index in [1.807, 2.05) is 26.0 Å². The molecule has 0 atom stereocenters. The van der Waals surface area contributed by atoms with Crippen LogP contribution in [0.5, 0.6) is 0 Å². The molecule has 4 aromatic rings. The summed E-state index contributed by atoms with van der Waals surface area (Å²) in [4.78, 5) is 23.5. The number of fused-ring (bicyclic) bond motifs is 1. The minimum absolute atomic E-state index is 0.0529. The summed E-state index contributed by atoms with van der Waals surface area (Å²) in [6.07, 6.45) is 3.13. The quantitative estimate of drug-likeness (QED) is 0.534. The molecular formula is C18H14ClN3O2S. The Labute approximate surface area is 152 Å². The SMILES string of the molecule is Cc1sc2ncn(Cc3coc(-c4ccc(Cl)cc4)n3)c(=O)c2c1C. The lowest BCUT2D eigenvalue weighted by atomic mass is 10.2. The molecule has 0 bridgehead atoms. The first-order valence-electron chi connectivity index (χ1n) is 7.68. The molecule has 7 heteroatoms. The van der Waals surface area contributed by atoms with Gasteiger partial charge in [-0.2, -0.15) is 0 Å². The van der Waals surface area contributed by atoms with E-state index in [1.54, 1.807) is 40.6 Å². The molecule has 3 heterocycles. The minimum Gasteiger partial charge on any atom is -0.444 e. The van der Waals surface area contributed by atoms with Gasteiger partial charge in [-0.15, -0.1) is 11.3 Å². The van der Waals surface area contributed by atoms with Gasteiger partial charge in [-0.1, -0.05) is 11.6 Å². The second-order valence-corrected chi connectivity index (χ2v) is 7.43. The number of thiophene rings is 1. The van der Waals surface area contributed by atoms with Crippen molar-refractivity contribution >= 4 is 33.2 Å². The van der Waals surface area contributed by atoms with E-state index in [2.05, 4.69) is 9.97 Å². The summed E-state index contributed by atoms with van der Waals surface area (Å²) < 4.78 is 7.09. The highest BCUT2D eigenvalue weighted by atomic mass is 35.5. The average Bonchev–Trinajstić information content (AvgIpc) is 3.17. The van der Waals surface area contributed by atoms with Crippen LogP contribution in [-0.2, 0) is 6.54 Å². The zero-order chi connectivity index (χ0) is 17.6. The van der Waals surface area contributed by atoms with Gasteiger partial charge in [0.1, 0.15) is 11.1 Å². The zero-order valence-corrected chi connectivity index (χ0v) is 15.2. The van der Waals surface area contributed by atoms with Gasteiger partial charge in [-0.3, -0.25) is 9.36 Å². The highest BCUT2D eigenvalue weighted by Gasteiger charge is 2.13. The highest BCUT2D eigenvalue weighted by Crippen LogP contribution is 2.25. The van der Waals surface area contributed by atoms with E-state index >= 15 is 0 Å². The maximum Gasteiger partial charge on any atom is 0.262 e. The largest absolute Gasteiger partial charge is 0.444 e. The molecule has 0 aliphatic rings. The van der Waals surface area contributed by atoms with Crippen LogP contribution in [-0.4, -0.2) is 14.5 Å². The number of aryl methyl sites for hydroxylation is 2. The second kappa shape index (κ2) is 6.13. The van der Waals surface area contributed by atoms with Crippen LogP contribution in [0.3, 0.4) is 0 Å². The number of hydrogen-bond acceptors (Lipinski definition) is 5. The van der Waals surface area contributed by atoms with Gasteiger partial charge in [0.15, 0.2) is 0 Å². The fourth-order valence-electron chi connectivity index (χ4n) is 2.66. The summed E-state index contributed by atoms with van der Waals surface area (Å²) in [7, 11) is 0. The van der Waals surface area contributed by atoms with E-state index in [0.717, 1.165) is 20.8 Å². The number of oxazole rings is 1. The number of aromatic nitrogens is 3. The number of rotatable bonds is 3. The maximum absolute atomic E-state index is 12.7. The Morgan fingerprint density at radius 3 is 2.76 bits per heavy atom. The van der Waals surface area contributed by atoms with Crippen LogP contribution in [0.4, 0.5) is 0 Å². The van der Waals surface area contributed by atoms with Gasteiger partial charge in [-0.25, -0.2) is 9.97 Å². The average molecular weight is 372 g/mol. The zero-order valence-electron chi connectivity index (χ0n) is 13.6. The fraction of sp³-hybridized carbons (Fsp3) is 0.167. The molecule has 25 heavy (non-hydrogen) atoms. The monoisotopic (exact) mass is 371 g/mol. The third kappa shape index (κ3) is 2.88. The van der Waals surface area contributed by atoms with Gasteiger partial charge < -0.3 is 4.42 Å². The van der Waals surface area contributed by atoms with Gasteiger partial charge >= 0.3 is 0 Å². The first kappa shape index (κ1) is 16.1. The molecule has 0 fully saturated rings. The van der Waals surface area contributed by atoms with Crippen molar-refractivity contribution in [1.29, 1.82) is 0 Å². The third-order valence-corrected chi connectivity index (χ3v) is 5.50. The van der Waals surface area contributed by atoms with E-state index in [9.17, 15) is 4.79 Å². The first-order valence-corrected chi connectivity index (χ1v) is 8.88. The molecule has 0 aliphatic heterocycles. The maximum atomic E-state index is 12.7. The number of benzene rings is 1. The molecule has 0 N–H and O–H groups in total. The van der Waals surface area contributed by atoms with E-state index in [0.29, 0.717) is 28.5 Å². The van der Waals surface area contributed by atoms with Crippen molar-refractivity contribution in [2.45, 2.75) is 20.4 Å². The van der Waals surface area contributed by atoms with E-state index < -0.39 is 0 Å². The first-order chi connectivity index (χ1) is 12.0. The molecule has 3 aromatic heterocycles. The van der Waals surface area contributed by atoms with Crippen molar-refractivity contribution in [2.75, 3.05) is 0 Å². The predicted octanol–water partition coefficient (Wildman–Crippen LogP) is 4.43. The lowest BCUT2D eigenvalue weighted by molar-refractivity contribution is 0.571. The van der Waals surface area contributed by atoms with Gasteiger partial charge in [0, 0.05) is 15.5 Å². The molecule has 5 nitrogen and oxygen atoms in total. The van der Waals surface area contributed by atoms with E-state index in [1.165, 1.54) is 0 Å². The van der Waals surface area contributed by atoms with Crippen LogP contribution >= 0.6 is 22.9 Å². The molecule has 0 saturated carbocycles. The van der Waals surface area contributed by atoms with E-state index in [4.69, 9.17) is 16.0 Å². The Hall–Kier alpha value is -2.44. The Morgan fingerprint density at radius 1 is 1.24 bits per heavy atom. The molecule has 0 saturated heterocycles. The summed E-state index contributed by atoms with van der Waals surface area (Å²) >= 11 is 7.44. The van der Waals surface area contributed by atoms with Crippen LogP contribution in [0, 0.1) is 13.8 Å². The van der Waals surface area contributed by atoms with Gasteiger partial charge in [0.05, 0.1) is 24.0 Å². The Kier molecular flexibility index (Phi) is 3.94.